The molecule has 0 spiro atoms. The zero-order valence-corrected chi connectivity index (χ0v) is 19.7. The molecule has 0 bridgehead atoms. The fraction of sp³-hybridized carbons (Fsp3) is 0.464. The number of fused-ring (bicyclic) bond motifs is 3. The number of carbonyl (C=O) groups excluding carboxylic acids is 2. The molecule has 2 aromatic rings. The summed E-state index contributed by atoms with van der Waals surface area (Å²) in [6.45, 7) is 0.228. The molecule has 1 unspecified atom stereocenters. The predicted molar refractivity (Wildman–Crippen MR) is 131 cm³/mol. The molecule has 0 saturated heterocycles. The molecule has 3 aliphatic rings. The summed E-state index contributed by atoms with van der Waals surface area (Å²) >= 11 is 0. The highest BCUT2D eigenvalue weighted by atomic mass is 16.5. The number of nitrogens with one attached hydrogen (secondary N) is 2. The maximum absolute atomic E-state index is 12.7. The van der Waals surface area contributed by atoms with Crippen LogP contribution in [0.3, 0.4) is 0 Å². The molecule has 3 atom stereocenters. The number of benzene rings is 2. The van der Waals surface area contributed by atoms with Crippen molar-refractivity contribution in [2.45, 2.75) is 62.9 Å². The number of carbonyl (C=O) groups is 3. The first-order chi connectivity index (χ1) is 17.0. The monoisotopic (exact) mass is 476 g/mol. The number of amides is 2. The third-order valence-electron chi connectivity index (χ3n) is 7.67. The van der Waals surface area contributed by atoms with Crippen LogP contribution >= 0.6 is 0 Å². The quantitative estimate of drug-likeness (QED) is 0.522. The van der Waals surface area contributed by atoms with Gasteiger partial charge in [0.05, 0.1) is 5.92 Å². The Morgan fingerprint density at radius 1 is 0.914 bits per heavy atom. The fourth-order valence-electron chi connectivity index (χ4n) is 5.69. The Morgan fingerprint density at radius 3 is 2.17 bits per heavy atom. The van der Waals surface area contributed by atoms with E-state index in [4.69, 9.17) is 4.74 Å². The summed E-state index contributed by atoms with van der Waals surface area (Å²) in [5, 5.41) is 15.3. The van der Waals surface area contributed by atoms with Crippen molar-refractivity contribution in [2.75, 3.05) is 6.61 Å². The van der Waals surface area contributed by atoms with Crippen LogP contribution in [-0.2, 0) is 14.3 Å². The Kier molecular flexibility index (Phi) is 6.75. The van der Waals surface area contributed by atoms with Gasteiger partial charge in [-0.3, -0.25) is 9.59 Å². The number of carboxylic acid groups (broad SMARTS) is 1. The summed E-state index contributed by atoms with van der Waals surface area (Å²) in [5.41, 5.74) is 4.65. The van der Waals surface area contributed by atoms with E-state index in [0.717, 1.165) is 36.8 Å². The van der Waals surface area contributed by atoms with E-state index in [1.165, 1.54) is 11.1 Å². The lowest BCUT2D eigenvalue weighted by atomic mass is 9.84. The van der Waals surface area contributed by atoms with Crippen LogP contribution < -0.4 is 10.6 Å². The second-order valence-electron chi connectivity index (χ2n) is 10.0. The first kappa shape index (κ1) is 23.4. The summed E-state index contributed by atoms with van der Waals surface area (Å²) in [6, 6.07) is 15.7. The van der Waals surface area contributed by atoms with Gasteiger partial charge >= 0.3 is 12.1 Å². The maximum Gasteiger partial charge on any atom is 0.407 e. The van der Waals surface area contributed by atoms with Gasteiger partial charge in [-0.05, 0) is 53.9 Å². The second kappa shape index (κ2) is 10.1. The Balaban J connectivity index is 1.17. The SMILES string of the molecule is O=C(CC(NC(=O)OCC1c2ccccc2-c2ccccc21)C1CC1)N[C@H]1CCCC[C@H]1C(=O)O. The van der Waals surface area contributed by atoms with Gasteiger partial charge in [-0.15, -0.1) is 0 Å². The van der Waals surface area contributed by atoms with Gasteiger partial charge in [0.1, 0.15) is 6.61 Å². The van der Waals surface area contributed by atoms with Crippen LogP contribution in [0.15, 0.2) is 48.5 Å². The van der Waals surface area contributed by atoms with E-state index < -0.39 is 18.0 Å². The molecule has 3 aliphatic carbocycles. The van der Waals surface area contributed by atoms with Crippen LogP contribution in [0.5, 0.6) is 0 Å². The van der Waals surface area contributed by atoms with Crippen molar-refractivity contribution >= 4 is 18.0 Å². The number of rotatable bonds is 8. The van der Waals surface area contributed by atoms with E-state index in [1.807, 2.05) is 24.3 Å². The summed E-state index contributed by atoms with van der Waals surface area (Å²) in [7, 11) is 0. The van der Waals surface area contributed by atoms with Crippen LogP contribution in [0.1, 0.15) is 62.0 Å². The molecule has 5 rings (SSSR count). The molecule has 2 amide bonds. The number of hydrogen-bond acceptors (Lipinski definition) is 4. The first-order valence-corrected chi connectivity index (χ1v) is 12.6. The highest BCUT2D eigenvalue weighted by molar-refractivity contribution is 5.80. The van der Waals surface area contributed by atoms with Gasteiger partial charge in [-0.1, -0.05) is 61.4 Å². The van der Waals surface area contributed by atoms with Gasteiger partial charge in [0.15, 0.2) is 0 Å². The van der Waals surface area contributed by atoms with Gasteiger partial charge in [0.25, 0.3) is 0 Å². The number of ether oxygens (including phenoxy) is 1. The van der Waals surface area contributed by atoms with Crippen molar-refractivity contribution in [2.24, 2.45) is 11.8 Å². The minimum absolute atomic E-state index is 0.0184. The molecule has 2 fully saturated rings. The molecular formula is C28H32N2O5. The third kappa shape index (κ3) is 5.19. The van der Waals surface area contributed by atoms with E-state index in [9.17, 15) is 19.5 Å². The van der Waals surface area contributed by atoms with Crippen molar-refractivity contribution < 1.29 is 24.2 Å². The van der Waals surface area contributed by atoms with Crippen LogP contribution in [0.4, 0.5) is 4.79 Å². The van der Waals surface area contributed by atoms with E-state index in [0.29, 0.717) is 12.8 Å². The van der Waals surface area contributed by atoms with Gasteiger partial charge in [-0.25, -0.2) is 4.79 Å². The molecule has 3 N–H and O–H groups in total. The summed E-state index contributed by atoms with van der Waals surface area (Å²) in [5.74, 6) is -1.37. The lowest BCUT2D eigenvalue weighted by Crippen LogP contribution is -2.47. The Hall–Kier alpha value is -3.35. The van der Waals surface area contributed by atoms with Crippen molar-refractivity contribution in [3.63, 3.8) is 0 Å². The lowest BCUT2D eigenvalue weighted by Gasteiger charge is -2.30. The molecule has 0 radical (unpaired) electrons. The molecule has 0 heterocycles. The fourth-order valence-corrected chi connectivity index (χ4v) is 5.69. The number of carboxylic acids is 1. The highest BCUT2D eigenvalue weighted by Crippen LogP contribution is 2.44. The number of hydrogen-bond donors (Lipinski definition) is 3. The van der Waals surface area contributed by atoms with Crippen molar-refractivity contribution in [1.82, 2.24) is 10.6 Å². The normalized spacial score (nSPS) is 21.9. The topological polar surface area (TPSA) is 105 Å². The van der Waals surface area contributed by atoms with Crippen LogP contribution in [0.25, 0.3) is 11.1 Å². The van der Waals surface area contributed by atoms with Crippen molar-refractivity contribution in [3.8, 4) is 11.1 Å². The molecule has 7 heteroatoms. The van der Waals surface area contributed by atoms with Gasteiger partial charge in [0, 0.05) is 24.4 Å². The molecular weight excluding hydrogens is 444 g/mol. The third-order valence-corrected chi connectivity index (χ3v) is 7.67. The summed E-state index contributed by atoms with van der Waals surface area (Å²) in [6.07, 6.45) is 4.60. The summed E-state index contributed by atoms with van der Waals surface area (Å²) in [4.78, 5) is 37.0. The van der Waals surface area contributed by atoms with E-state index in [-0.39, 0.29) is 42.9 Å². The average Bonchev–Trinajstić information content (AvgIpc) is 3.65. The zero-order valence-electron chi connectivity index (χ0n) is 19.7. The Morgan fingerprint density at radius 2 is 1.54 bits per heavy atom. The van der Waals surface area contributed by atoms with Crippen LogP contribution in [0, 0.1) is 11.8 Å². The number of aliphatic carboxylic acids is 1. The Bertz CT molecular complexity index is 1070. The van der Waals surface area contributed by atoms with Gasteiger partial charge < -0.3 is 20.5 Å². The zero-order chi connectivity index (χ0) is 24.4. The molecule has 0 aromatic heterocycles. The van der Waals surface area contributed by atoms with E-state index in [2.05, 4.69) is 34.9 Å². The van der Waals surface area contributed by atoms with Crippen molar-refractivity contribution in [1.29, 1.82) is 0 Å². The summed E-state index contributed by atoms with van der Waals surface area (Å²) < 4.78 is 5.67. The number of alkyl carbamates (subject to hydrolysis) is 1. The van der Waals surface area contributed by atoms with E-state index in [1.54, 1.807) is 0 Å². The highest BCUT2D eigenvalue weighted by Gasteiger charge is 2.37. The smallest absolute Gasteiger partial charge is 0.407 e. The standard InChI is InChI=1S/C28H32N2O5/c31-26(29-24-12-6-5-11-22(24)27(32)33)15-25(17-13-14-17)30-28(34)35-16-23-20-9-3-1-7-18(20)19-8-2-4-10-21(19)23/h1-4,7-10,17,22-25H,5-6,11-16H2,(H,29,31)(H,30,34)(H,32,33)/t22-,24+,25?/m1/s1. The average molecular weight is 477 g/mol. The van der Waals surface area contributed by atoms with Crippen LogP contribution in [-0.4, -0.2) is 41.8 Å². The minimum atomic E-state index is -0.856. The second-order valence-corrected chi connectivity index (χ2v) is 10.0. The first-order valence-electron chi connectivity index (χ1n) is 12.6. The Labute approximate surface area is 205 Å². The molecule has 7 nitrogen and oxygen atoms in total. The molecule has 35 heavy (non-hydrogen) atoms. The van der Waals surface area contributed by atoms with Gasteiger partial charge in [0.2, 0.25) is 5.91 Å². The molecule has 2 aromatic carbocycles. The van der Waals surface area contributed by atoms with Crippen molar-refractivity contribution in [3.05, 3.63) is 59.7 Å². The minimum Gasteiger partial charge on any atom is -0.481 e. The predicted octanol–water partition coefficient (Wildman–Crippen LogP) is 4.45. The lowest BCUT2D eigenvalue weighted by molar-refractivity contribution is -0.144. The molecule has 184 valence electrons. The molecule has 2 saturated carbocycles. The van der Waals surface area contributed by atoms with Crippen LogP contribution in [0.2, 0.25) is 0 Å². The largest absolute Gasteiger partial charge is 0.481 e. The maximum atomic E-state index is 12.7. The molecule has 0 aliphatic heterocycles. The van der Waals surface area contributed by atoms with Gasteiger partial charge in [-0.2, -0.15) is 0 Å². The van der Waals surface area contributed by atoms with E-state index >= 15 is 0 Å².